The van der Waals surface area contributed by atoms with Gasteiger partial charge in [0.05, 0.1) is 6.61 Å². The van der Waals surface area contributed by atoms with Crippen LogP contribution < -0.4 is 10.1 Å². The zero-order valence-electron chi connectivity index (χ0n) is 12.7. The minimum atomic E-state index is 0.128. The van der Waals surface area contributed by atoms with E-state index in [2.05, 4.69) is 26.1 Å². The third-order valence-electron chi connectivity index (χ3n) is 3.50. The Morgan fingerprint density at radius 1 is 1.30 bits per heavy atom. The van der Waals surface area contributed by atoms with Crippen LogP contribution in [-0.2, 0) is 4.79 Å². The van der Waals surface area contributed by atoms with Gasteiger partial charge < -0.3 is 10.1 Å². The lowest BCUT2D eigenvalue weighted by Gasteiger charge is -2.19. The normalized spacial score (nSPS) is 16.1. The van der Waals surface area contributed by atoms with Crippen LogP contribution in [0.2, 0.25) is 0 Å². The average Bonchev–Trinajstić information content (AvgIpc) is 2.90. The molecule has 1 saturated carbocycles. The Balaban J connectivity index is 1.93. The van der Waals surface area contributed by atoms with Crippen LogP contribution in [0.5, 0.6) is 5.75 Å². The molecule has 3 nitrogen and oxygen atoms in total. The number of carbonyl (C=O) groups excluding carboxylic acids is 1. The van der Waals surface area contributed by atoms with Crippen molar-refractivity contribution in [1.82, 2.24) is 0 Å². The van der Waals surface area contributed by atoms with Crippen LogP contribution in [0.25, 0.3) is 0 Å². The number of hydrogen-bond donors (Lipinski definition) is 1. The van der Waals surface area contributed by atoms with Crippen LogP contribution in [0.1, 0.15) is 46.5 Å². The standard InChI is InChI=1S/C17H25NO2/c1-17(2,3)12-20-15-10-6-9-14(11-15)18-16(19)13-7-4-5-8-13/h6,9-11,13H,4-5,7-8,12H2,1-3H3,(H,18,19). The van der Waals surface area contributed by atoms with E-state index >= 15 is 0 Å². The number of anilines is 1. The molecule has 1 fully saturated rings. The van der Waals surface area contributed by atoms with Gasteiger partial charge in [-0.25, -0.2) is 0 Å². The Morgan fingerprint density at radius 2 is 2.00 bits per heavy atom. The van der Waals surface area contributed by atoms with Gasteiger partial charge in [0.1, 0.15) is 5.75 Å². The summed E-state index contributed by atoms with van der Waals surface area (Å²) in [6, 6.07) is 7.66. The van der Waals surface area contributed by atoms with Crippen LogP contribution in [0.15, 0.2) is 24.3 Å². The second-order valence-corrected chi connectivity index (χ2v) is 6.85. The number of nitrogens with one attached hydrogen (secondary N) is 1. The van der Waals surface area contributed by atoms with E-state index in [1.165, 1.54) is 12.8 Å². The van der Waals surface area contributed by atoms with E-state index in [1.54, 1.807) is 0 Å². The molecule has 2 rings (SSSR count). The highest BCUT2D eigenvalue weighted by atomic mass is 16.5. The van der Waals surface area contributed by atoms with Crippen molar-refractivity contribution in [3.05, 3.63) is 24.3 Å². The van der Waals surface area contributed by atoms with Gasteiger partial charge >= 0.3 is 0 Å². The zero-order valence-corrected chi connectivity index (χ0v) is 12.7. The molecular formula is C17H25NO2. The first-order valence-corrected chi connectivity index (χ1v) is 7.48. The van der Waals surface area contributed by atoms with Crippen molar-refractivity contribution < 1.29 is 9.53 Å². The van der Waals surface area contributed by atoms with Crippen LogP contribution in [0.4, 0.5) is 5.69 Å². The number of benzene rings is 1. The third-order valence-corrected chi connectivity index (χ3v) is 3.50. The molecule has 1 aliphatic carbocycles. The van der Waals surface area contributed by atoms with E-state index in [0.29, 0.717) is 6.61 Å². The third kappa shape index (κ3) is 4.55. The summed E-state index contributed by atoms with van der Waals surface area (Å²) in [4.78, 5) is 12.1. The van der Waals surface area contributed by atoms with E-state index in [9.17, 15) is 4.79 Å². The average molecular weight is 275 g/mol. The molecule has 20 heavy (non-hydrogen) atoms. The first-order valence-electron chi connectivity index (χ1n) is 7.48. The fourth-order valence-corrected chi connectivity index (χ4v) is 2.40. The Morgan fingerprint density at radius 3 is 2.65 bits per heavy atom. The predicted octanol–water partition coefficient (Wildman–Crippen LogP) is 4.24. The van der Waals surface area contributed by atoms with Crippen molar-refractivity contribution in [1.29, 1.82) is 0 Å². The van der Waals surface area contributed by atoms with E-state index in [-0.39, 0.29) is 17.2 Å². The summed E-state index contributed by atoms with van der Waals surface area (Å²) in [7, 11) is 0. The van der Waals surface area contributed by atoms with Crippen LogP contribution in [0.3, 0.4) is 0 Å². The second-order valence-electron chi connectivity index (χ2n) is 6.85. The van der Waals surface area contributed by atoms with Crippen molar-refractivity contribution in [3.8, 4) is 5.75 Å². The molecule has 0 aromatic heterocycles. The molecule has 0 saturated heterocycles. The van der Waals surface area contributed by atoms with Gasteiger partial charge in [-0.3, -0.25) is 4.79 Å². The Bertz CT molecular complexity index is 456. The van der Waals surface area contributed by atoms with Crippen LogP contribution in [-0.4, -0.2) is 12.5 Å². The van der Waals surface area contributed by atoms with E-state index in [4.69, 9.17) is 4.74 Å². The molecule has 1 aliphatic rings. The number of amides is 1. The summed E-state index contributed by atoms with van der Waals surface area (Å²) in [5.74, 6) is 1.15. The summed E-state index contributed by atoms with van der Waals surface area (Å²) >= 11 is 0. The molecule has 1 aromatic carbocycles. The highest BCUT2D eigenvalue weighted by Gasteiger charge is 2.22. The monoisotopic (exact) mass is 275 g/mol. The van der Waals surface area contributed by atoms with Gasteiger partial charge in [0.25, 0.3) is 0 Å². The molecule has 1 aromatic rings. The van der Waals surface area contributed by atoms with Gasteiger partial charge in [-0.2, -0.15) is 0 Å². The lowest BCUT2D eigenvalue weighted by molar-refractivity contribution is -0.119. The molecule has 110 valence electrons. The molecule has 0 radical (unpaired) electrons. The molecule has 0 unspecified atom stereocenters. The van der Waals surface area contributed by atoms with Gasteiger partial charge in [-0.15, -0.1) is 0 Å². The van der Waals surface area contributed by atoms with Crippen molar-refractivity contribution >= 4 is 11.6 Å². The summed E-state index contributed by atoms with van der Waals surface area (Å²) in [6.07, 6.45) is 4.39. The lowest BCUT2D eigenvalue weighted by atomic mass is 9.99. The van der Waals surface area contributed by atoms with Crippen LogP contribution >= 0.6 is 0 Å². The molecule has 3 heteroatoms. The first-order chi connectivity index (χ1) is 9.44. The first kappa shape index (κ1) is 14.9. The lowest BCUT2D eigenvalue weighted by Crippen LogP contribution is -2.20. The van der Waals surface area contributed by atoms with E-state index < -0.39 is 0 Å². The summed E-state index contributed by atoms with van der Waals surface area (Å²) in [6.45, 7) is 7.07. The van der Waals surface area contributed by atoms with E-state index in [1.807, 2.05) is 24.3 Å². The molecule has 0 spiro atoms. The van der Waals surface area contributed by atoms with Crippen molar-refractivity contribution in [2.45, 2.75) is 46.5 Å². The molecule has 0 atom stereocenters. The molecule has 0 heterocycles. The Labute approximate surface area is 121 Å². The zero-order chi connectivity index (χ0) is 14.6. The van der Waals surface area contributed by atoms with Gasteiger partial charge in [0.2, 0.25) is 5.91 Å². The van der Waals surface area contributed by atoms with Crippen molar-refractivity contribution in [2.24, 2.45) is 11.3 Å². The second kappa shape index (κ2) is 6.29. The van der Waals surface area contributed by atoms with Gasteiger partial charge in [-0.05, 0) is 30.4 Å². The van der Waals surface area contributed by atoms with Gasteiger partial charge in [-0.1, -0.05) is 39.7 Å². The summed E-state index contributed by atoms with van der Waals surface area (Å²) in [5.41, 5.74) is 0.955. The van der Waals surface area contributed by atoms with Gasteiger partial charge in [0.15, 0.2) is 0 Å². The minimum Gasteiger partial charge on any atom is -0.493 e. The van der Waals surface area contributed by atoms with Crippen molar-refractivity contribution in [3.63, 3.8) is 0 Å². The highest BCUT2D eigenvalue weighted by Crippen LogP contribution is 2.27. The number of carbonyl (C=O) groups is 1. The summed E-state index contributed by atoms with van der Waals surface area (Å²) < 4.78 is 5.77. The van der Waals surface area contributed by atoms with Crippen molar-refractivity contribution in [2.75, 3.05) is 11.9 Å². The summed E-state index contributed by atoms with van der Waals surface area (Å²) in [5, 5.41) is 3.00. The number of rotatable bonds is 4. The quantitative estimate of drug-likeness (QED) is 0.892. The highest BCUT2D eigenvalue weighted by molar-refractivity contribution is 5.92. The Kier molecular flexibility index (Phi) is 4.69. The molecule has 0 bridgehead atoms. The smallest absolute Gasteiger partial charge is 0.227 e. The molecule has 1 amide bonds. The predicted molar refractivity (Wildman–Crippen MR) is 82.0 cm³/mol. The maximum absolute atomic E-state index is 12.1. The molecule has 0 aliphatic heterocycles. The SMILES string of the molecule is CC(C)(C)COc1cccc(NC(=O)C2CCCC2)c1. The topological polar surface area (TPSA) is 38.3 Å². The number of hydrogen-bond acceptors (Lipinski definition) is 2. The number of ether oxygens (including phenoxy) is 1. The Hall–Kier alpha value is -1.51. The van der Waals surface area contributed by atoms with Crippen LogP contribution in [0, 0.1) is 11.3 Å². The fraction of sp³-hybridized carbons (Fsp3) is 0.588. The van der Waals surface area contributed by atoms with E-state index in [0.717, 1.165) is 24.3 Å². The van der Waals surface area contributed by atoms with Gasteiger partial charge in [0, 0.05) is 17.7 Å². The maximum Gasteiger partial charge on any atom is 0.227 e. The molecular weight excluding hydrogens is 250 g/mol. The maximum atomic E-state index is 12.1. The minimum absolute atomic E-state index is 0.128. The fourth-order valence-electron chi connectivity index (χ4n) is 2.40. The molecule has 1 N–H and O–H groups in total. The largest absolute Gasteiger partial charge is 0.493 e.